The van der Waals surface area contributed by atoms with Crippen LogP contribution in [0.1, 0.15) is 40.0 Å². The molecule has 0 heterocycles. The molecular formula is C13H25NO2S. The Labute approximate surface area is 109 Å². The predicted molar refractivity (Wildman–Crippen MR) is 73.0 cm³/mol. The van der Waals surface area contributed by atoms with Crippen molar-refractivity contribution in [3.63, 3.8) is 0 Å². The van der Waals surface area contributed by atoms with Crippen LogP contribution in [0.5, 0.6) is 0 Å². The second-order valence-corrected chi connectivity index (χ2v) is 6.56. The molecule has 0 radical (unpaired) electrons. The molecule has 1 aliphatic rings. The Morgan fingerprint density at radius 3 is 2.47 bits per heavy atom. The number of rotatable bonds is 5. The second-order valence-electron chi connectivity index (χ2n) is 5.23. The van der Waals surface area contributed by atoms with Crippen molar-refractivity contribution in [1.29, 1.82) is 0 Å². The van der Waals surface area contributed by atoms with E-state index in [2.05, 4.69) is 13.8 Å². The van der Waals surface area contributed by atoms with Crippen LogP contribution in [-0.2, 0) is 9.53 Å². The van der Waals surface area contributed by atoms with Crippen molar-refractivity contribution in [3.05, 3.63) is 0 Å². The molecule has 0 spiro atoms. The van der Waals surface area contributed by atoms with Gasteiger partial charge in [-0.1, -0.05) is 13.8 Å². The van der Waals surface area contributed by atoms with Gasteiger partial charge >= 0.3 is 5.97 Å². The first-order valence-electron chi connectivity index (χ1n) is 6.56. The van der Waals surface area contributed by atoms with Crippen LogP contribution < -0.4 is 5.73 Å². The van der Waals surface area contributed by atoms with Crippen molar-refractivity contribution >= 4 is 17.7 Å². The van der Waals surface area contributed by atoms with Crippen LogP contribution in [0.3, 0.4) is 0 Å². The topological polar surface area (TPSA) is 52.3 Å². The van der Waals surface area contributed by atoms with E-state index in [0.29, 0.717) is 17.6 Å². The summed E-state index contributed by atoms with van der Waals surface area (Å²) in [7, 11) is 0. The molecule has 0 aromatic heterocycles. The molecule has 3 nitrogen and oxygen atoms in total. The lowest BCUT2D eigenvalue weighted by molar-refractivity contribution is -0.144. The highest BCUT2D eigenvalue weighted by Crippen LogP contribution is 2.35. The number of esters is 1. The minimum atomic E-state index is -0.465. The largest absolute Gasteiger partial charge is 0.465 e. The van der Waals surface area contributed by atoms with Crippen LogP contribution in [0.15, 0.2) is 0 Å². The van der Waals surface area contributed by atoms with Gasteiger partial charge in [-0.15, -0.1) is 0 Å². The molecule has 0 aromatic carbocycles. The average molecular weight is 259 g/mol. The number of thioether (sulfide) groups is 1. The summed E-state index contributed by atoms with van der Waals surface area (Å²) in [5, 5.41) is 0.661. The number of carbonyl (C=O) groups excluding carboxylic acids is 1. The SMILES string of the molecule is CCOC(=O)C(N)CSC1CC(C)CC(C)C1. The normalized spacial score (nSPS) is 30.9. The summed E-state index contributed by atoms with van der Waals surface area (Å²) in [6.07, 6.45) is 3.84. The zero-order valence-electron chi connectivity index (χ0n) is 11.1. The van der Waals surface area contributed by atoms with Crippen molar-refractivity contribution in [2.75, 3.05) is 12.4 Å². The summed E-state index contributed by atoms with van der Waals surface area (Å²) in [6, 6.07) is -0.465. The van der Waals surface area contributed by atoms with E-state index in [0.717, 1.165) is 11.8 Å². The van der Waals surface area contributed by atoms with E-state index in [1.54, 1.807) is 0 Å². The van der Waals surface area contributed by atoms with Crippen molar-refractivity contribution in [2.24, 2.45) is 17.6 Å². The molecule has 1 rings (SSSR count). The molecule has 1 aliphatic carbocycles. The van der Waals surface area contributed by atoms with Gasteiger partial charge in [0.1, 0.15) is 6.04 Å². The summed E-state index contributed by atoms with van der Waals surface area (Å²) in [5.41, 5.74) is 5.79. The van der Waals surface area contributed by atoms with Gasteiger partial charge in [-0.05, 0) is 38.0 Å². The number of nitrogens with two attached hydrogens (primary N) is 1. The minimum Gasteiger partial charge on any atom is -0.465 e. The second kappa shape index (κ2) is 7.27. The average Bonchev–Trinajstić information content (AvgIpc) is 2.25. The lowest BCUT2D eigenvalue weighted by atomic mass is 9.83. The standard InChI is InChI=1S/C13H25NO2S/c1-4-16-13(15)12(14)8-17-11-6-9(2)5-10(3)7-11/h9-12H,4-8,14H2,1-3H3. The number of hydrogen-bond acceptors (Lipinski definition) is 4. The van der Waals surface area contributed by atoms with Gasteiger partial charge in [0.2, 0.25) is 0 Å². The van der Waals surface area contributed by atoms with Gasteiger partial charge in [-0.3, -0.25) is 4.79 Å². The first kappa shape index (κ1) is 14.8. The highest BCUT2D eigenvalue weighted by atomic mass is 32.2. The van der Waals surface area contributed by atoms with Crippen LogP contribution in [0.2, 0.25) is 0 Å². The maximum atomic E-state index is 11.4. The number of ether oxygens (including phenoxy) is 1. The van der Waals surface area contributed by atoms with E-state index >= 15 is 0 Å². The van der Waals surface area contributed by atoms with Crippen LogP contribution in [0, 0.1) is 11.8 Å². The van der Waals surface area contributed by atoms with Gasteiger partial charge in [-0.2, -0.15) is 11.8 Å². The third kappa shape index (κ3) is 5.30. The number of hydrogen-bond donors (Lipinski definition) is 1. The van der Waals surface area contributed by atoms with Crippen molar-refractivity contribution in [1.82, 2.24) is 0 Å². The molecule has 4 heteroatoms. The Kier molecular flexibility index (Phi) is 6.34. The highest BCUT2D eigenvalue weighted by molar-refractivity contribution is 7.99. The van der Waals surface area contributed by atoms with Gasteiger partial charge < -0.3 is 10.5 Å². The summed E-state index contributed by atoms with van der Waals surface area (Å²) in [4.78, 5) is 11.4. The molecule has 0 amide bonds. The molecule has 0 aromatic rings. The molecule has 0 bridgehead atoms. The quantitative estimate of drug-likeness (QED) is 0.770. The fourth-order valence-corrected chi connectivity index (χ4v) is 4.11. The molecular weight excluding hydrogens is 234 g/mol. The van der Waals surface area contributed by atoms with E-state index in [1.807, 2.05) is 18.7 Å². The van der Waals surface area contributed by atoms with E-state index in [-0.39, 0.29) is 5.97 Å². The van der Waals surface area contributed by atoms with Gasteiger partial charge in [0.25, 0.3) is 0 Å². The van der Waals surface area contributed by atoms with E-state index < -0.39 is 6.04 Å². The highest BCUT2D eigenvalue weighted by Gasteiger charge is 2.25. The van der Waals surface area contributed by atoms with Crippen LogP contribution in [0.4, 0.5) is 0 Å². The molecule has 3 unspecified atom stereocenters. The van der Waals surface area contributed by atoms with E-state index in [9.17, 15) is 4.79 Å². The van der Waals surface area contributed by atoms with Crippen LogP contribution in [0.25, 0.3) is 0 Å². The Balaban J connectivity index is 2.27. The predicted octanol–water partition coefficient (Wildman–Crippen LogP) is 2.43. The molecule has 17 heavy (non-hydrogen) atoms. The first-order valence-corrected chi connectivity index (χ1v) is 7.61. The van der Waals surface area contributed by atoms with Crippen LogP contribution >= 0.6 is 11.8 Å². The Morgan fingerprint density at radius 1 is 1.35 bits per heavy atom. The fourth-order valence-electron chi connectivity index (χ4n) is 2.57. The smallest absolute Gasteiger partial charge is 0.323 e. The van der Waals surface area contributed by atoms with E-state index in [1.165, 1.54) is 19.3 Å². The van der Waals surface area contributed by atoms with Gasteiger partial charge in [-0.25, -0.2) is 0 Å². The van der Waals surface area contributed by atoms with Gasteiger partial charge in [0, 0.05) is 11.0 Å². The number of carbonyl (C=O) groups is 1. The van der Waals surface area contributed by atoms with Gasteiger partial charge in [0.05, 0.1) is 6.61 Å². The molecule has 3 atom stereocenters. The summed E-state index contributed by atoms with van der Waals surface area (Å²) >= 11 is 1.84. The third-order valence-electron chi connectivity index (χ3n) is 3.24. The maximum absolute atomic E-state index is 11.4. The summed E-state index contributed by atoms with van der Waals surface area (Å²) < 4.78 is 4.91. The summed E-state index contributed by atoms with van der Waals surface area (Å²) in [5.74, 6) is 2.02. The van der Waals surface area contributed by atoms with Crippen molar-refractivity contribution in [2.45, 2.75) is 51.3 Å². The Morgan fingerprint density at radius 2 is 1.94 bits per heavy atom. The molecule has 0 aliphatic heterocycles. The Bertz CT molecular complexity index is 238. The molecule has 0 saturated heterocycles. The molecule has 100 valence electrons. The third-order valence-corrected chi connectivity index (χ3v) is 4.64. The molecule has 1 saturated carbocycles. The zero-order valence-corrected chi connectivity index (χ0v) is 12.0. The first-order chi connectivity index (χ1) is 8.02. The lowest BCUT2D eigenvalue weighted by Crippen LogP contribution is -2.35. The van der Waals surface area contributed by atoms with Crippen molar-refractivity contribution in [3.8, 4) is 0 Å². The molecule has 2 N–H and O–H groups in total. The monoisotopic (exact) mass is 259 g/mol. The summed E-state index contributed by atoms with van der Waals surface area (Å²) in [6.45, 7) is 6.85. The van der Waals surface area contributed by atoms with E-state index in [4.69, 9.17) is 10.5 Å². The van der Waals surface area contributed by atoms with Gasteiger partial charge in [0.15, 0.2) is 0 Å². The Hall–Kier alpha value is -0.220. The lowest BCUT2D eigenvalue weighted by Gasteiger charge is -2.31. The fraction of sp³-hybridized carbons (Fsp3) is 0.923. The minimum absolute atomic E-state index is 0.267. The van der Waals surface area contributed by atoms with Crippen LogP contribution in [-0.4, -0.2) is 29.6 Å². The van der Waals surface area contributed by atoms with Crippen molar-refractivity contribution < 1.29 is 9.53 Å². The maximum Gasteiger partial charge on any atom is 0.323 e. The zero-order chi connectivity index (χ0) is 12.8. The molecule has 1 fully saturated rings.